The molecule has 0 atom stereocenters. The number of hydrazone groups is 1. The lowest BCUT2D eigenvalue weighted by Gasteiger charge is -2.16. The molecule has 102 valence electrons. The smallest absolute Gasteiger partial charge is 0.237 e. The van der Waals surface area contributed by atoms with Gasteiger partial charge in [-0.1, -0.05) is 6.07 Å². The molecular formula is C14H13FN4O. The van der Waals surface area contributed by atoms with Gasteiger partial charge in [0.1, 0.15) is 23.6 Å². The molecule has 1 aliphatic rings. The number of anilines is 1. The Bertz CT molecular complexity index is 578. The summed E-state index contributed by atoms with van der Waals surface area (Å²) in [7, 11) is 0. The Labute approximate surface area is 116 Å². The molecule has 0 radical (unpaired) electrons. The van der Waals surface area contributed by atoms with Crippen LogP contribution in [0.4, 0.5) is 10.1 Å². The van der Waals surface area contributed by atoms with E-state index in [0.29, 0.717) is 5.75 Å². The molecule has 1 saturated carbocycles. The molecule has 1 N–H and O–H groups in total. The first kappa shape index (κ1) is 13.8. The highest BCUT2D eigenvalue weighted by atomic mass is 19.1. The molecular weight excluding hydrogens is 259 g/mol. The van der Waals surface area contributed by atoms with Crippen LogP contribution in [0.3, 0.4) is 0 Å². The van der Waals surface area contributed by atoms with Crippen LogP contribution in [0.15, 0.2) is 23.3 Å². The first-order valence-electron chi connectivity index (χ1n) is 6.33. The maximum absolute atomic E-state index is 13.8. The van der Waals surface area contributed by atoms with E-state index in [-0.39, 0.29) is 17.5 Å². The molecule has 6 heteroatoms. The van der Waals surface area contributed by atoms with Gasteiger partial charge in [0.25, 0.3) is 0 Å². The van der Waals surface area contributed by atoms with E-state index in [1.165, 1.54) is 6.07 Å². The summed E-state index contributed by atoms with van der Waals surface area (Å²) >= 11 is 0. The molecule has 0 aliphatic heterocycles. The van der Waals surface area contributed by atoms with Crippen LogP contribution in [0.1, 0.15) is 25.7 Å². The second-order valence-corrected chi connectivity index (χ2v) is 4.43. The van der Waals surface area contributed by atoms with Gasteiger partial charge < -0.3 is 4.74 Å². The Morgan fingerprint density at radius 1 is 1.30 bits per heavy atom. The number of hydrogen-bond acceptors (Lipinski definition) is 5. The van der Waals surface area contributed by atoms with Crippen molar-refractivity contribution in [3.8, 4) is 17.9 Å². The first-order chi connectivity index (χ1) is 9.74. The number of halogens is 1. The van der Waals surface area contributed by atoms with Crippen LogP contribution in [0.2, 0.25) is 0 Å². The molecule has 0 spiro atoms. The molecule has 0 saturated heterocycles. The fourth-order valence-electron chi connectivity index (χ4n) is 2.08. The maximum atomic E-state index is 13.8. The van der Waals surface area contributed by atoms with Crippen molar-refractivity contribution >= 4 is 11.4 Å². The number of nitriles is 2. The molecule has 0 amide bonds. The summed E-state index contributed by atoms with van der Waals surface area (Å²) in [4.78, 5) is 0. The van der Waals surface area contributed by atoms with Gasteiger partial charge in [0.2, 0.25) is 5.71 Å². The number of para-hydroxylation sites is 1. The van der Waals surface area contributed by atoms with Gasteiger partial charge in [-0.2, -0.15) is 15.6 Å². The van der Waals surface area contributed by atoms with Crippen LogP contribution in [0.25, 0.3) is 0 Å². The zero-order valence-corrected chi connectivity index (χ0v) is 10.8. The highest BCUT2D eigenvalue weighted by Crippen LogP contribution is 2.31. The lowest BCUT2D eigenvalue weighted by Crippen LogP contribution is -2.12. The number of nitrogens with one attached hydrogen (secondary N) is 1. The first-order valence-corrected chi connectivity index (χ1v) is 6.33. The third kappa shape index (κ3) is 3.24. The van der Waals surface area contributed by atoms with Crippen molar-refractivity contribution in [2.75, 3.05) is 5.43 Å². The largest absolute Gasteiger partial charge is 0.488 e. The zero-order valence-electron chi connectivity index (χ0n) is 10.8. The number of ether oxygens (including phenoxy) is 1. The van der Waals surface area contributed by atoms with Gasteiger partial charge in [-0.15, -0.1) is 0 Å². The van der Waals surface area contributed by atoms with E-state index < -0.39 is 5.82 Å². The van der Waals surface area contributed by atoms with Crippen LogP contribution in [-0.2, 0) is 0 Å². The zero-order chi connectivity index (χ0) is 14.4. The van der Waals surface area contributed by atoms with Crippen molar-refractivity contribution in [3.05, 3.63) is 24.0 Å². The summed E-state index contributed by atoms with van der Waals surface area (Å²) in [5, 5.41) is 20.8. The SMILES string of the molecule is N#CC(C#N)=NNc1c(F)cccc1OC1CCCC1. The maximum Gasteiger partial charge on any atom is 0.237 e. The van der Waals surface area contributed by atoms with Crippen LogP contribution in [0.5, 0.6) is 5.75 Å². The van der Waals surface area contributed by atoms with Gasteiger partial charge >= 0.3 is 0 Å². The van der Waals surface area contributed by atoms with E-state index in [1.807, 2.05) is 0 Å². The highest BCUT2D eigenvalue weighted by molar-refractivity contribution is 6.10. The van der Waals surface area contributed by atoms with Gasteiger partial charge in [-0.05, 0) is 37.8 Å². The third-order valence-corrected chi connectivity index (χ3v) is 3.06. The van der Waals surface area contributed by atoms with Crippen molar-refractivity contribution in [2.45, 2.75) is 31.8 Å². The van der Waals surface area contributed by atoms with Crippen molar-refractivity contribution in [1.29, 1.82) is 10.5 Å². The molecule has 1 aromatic carbocycles. The van der Waals surface area contributed by atoms with Gasteiger partial charge in [0.05, 0.1) is 6.10 Å². The molecule has 0 bridgehead atoms. The predicted molar refractivity (Wildman–Crippen MR) is 71.6 cm³/mol. The van der Waals surface area contributed by atoms with Gasteiger partial charge in [0.15, 0.2) is 5.82 Å². The second-order valence-electron chi connectivity index (χ2n) is 4.43. The molecule has 20 heavy (non-hydrogen) atoms. The second kappa shape index (κ2) is 6.53. The molecule has 1 aromatic rings. The van der Waals surface area contributed by atoms with E-state index in [0.717, 1.165) is 25.7 Å². The van der Waals surface area contributed by atoms with E-state index in [2.05, 4.69) is 10.5 Å². The van der Waals surface area contributed by atoms with E-state index >= 15 is 0 Å². The monoisotopic (exact) mass is 272 g/mol. The Balaban J connectivity index is 2.20. The summed E-state index contributed by atoms with van der Waals surface area (Å²) in [5.74, 6) is -0.199. The van der Waals surface area contributed by atoms with Crippen molar-refractivity contribution in [3.63, 3.8) is 0 Å². The lowest BCUT2D eigenvalue weighted by molar-refractivity contribution is 0.210. The molecule has 0 aromatic heterocycles. The van der Waals surface area contributed by atoms with Crippen molar-refractivity contribution in [1.82, 2.24) is 0 Å². The molecule has 0 heterocycles. The molecule has 5 nitrogen and oxygen atoms in total. The summed E-state index contributed by atoms with van der Waals surface area (Å²) in [6, 6.07) is 7.64. The topological polar surface area (TPSA) is 81.2 Å². The molecule has 0 unspecified atom stereocenters. The minimum absolute atomic E-state index is 0.0439. The Kier molecular flexibility index (Phi) is 4.52. The minimum atomic E-state index is -0.542. The van der Waals surface area contributed by atoms with Gasteiger partial charge in [0, 0.05) is 0 Å². The molecule has 1 fully saturated rings. The lowest BCUT2D eigenvalue weighted by atomic mass is 10.2. The normalized spacial score (nSPS) is 14.2. The minimum Gasteiger partial charge on any atom is -0.488 e. The van der Waals surface area contributed by atoms with Crippen LogP contribution in [0, 0.1) is 28.5 Å². The number of nitrogens with zero attached hydrogens (tertiary/aromatic N) is 3. The van der Waals surface area contributed by atoms with Crippen LogP contribution < -0.4 is 10.2 Å². The Hall–Kier alpha value is -2.60. The quantitative estimate of drug-likeness (QED) is 0.674. The van der Waals surface area contributed by atoms with Gasteiger partial charge in [-0.3, -0.25) is 5.43 Å². The van der Waals surface area contributed by atoms with E-state index in [9.17, 15) is 4.39 Å². The average Bonchev–Trinajstić information content (AvgIpc) is 2.95. The number of rotatable bonds is 4. The third-order valence-electron chi connectivity index (χ3n) is 3.06. The number of hydrogen-bond donors (Lipinski definition) is 1. The fourth-order valence-corrected chi connectivity index (χ4v) is 2.08. The molecule has 2 rings (SSSR count). The Morgan fingerprint density at radius 3 is 2.65 bits per heavy atom. The number of benzene rings is 1. The van der Waals surface area contributed by atoms with Crippen molar-refractivity contribution in [2.24, 2.45) is 5.10 Å². The van der Waals surface area contributed by atoms with Crippen molar-refractivity contribution < 1.29 is 9.13 Å². The van der Waals surface area contributed by atoms with Gasteiger partial charge in [-0.25, -0.2) is 4.39 Å². The van der Waals surface area contributed by atoms with Crippen LogP contribution >= 0.6 is 0 Å². The average molecular weight is 272 g/mol. The Morgan fingerprint density at radius 2 is 2.00 bits per heavy atom. The highest BCUT2D eigenvalue weighted by Gasteiger charge is 2.19. The van der Waals surface area contributed by atoms with Crippen LogP contribution in [-0.4, -0.2) is 11.8 Å². The summed E-state index contributed by atoms with van der Waals surface area (Å²) in [5.41, 5.74) is 2.07. The summed E-state index contributed by atoms with van der Waals surface area (Å²) in [6.07, 6.45) is 4.18. The van der Waals surface area contributed by atoms with E-state index in [4.69, 9.17) is 15.3 Å². The predicted octanol–water partition coefficient (Wildman–Crippen LogP) is 2.96. The summed E-state index contributed by atoms with van der Waals surface area (Å²) < 4.78 is 19.6. The fraction of sp³-hybridized carbons (Fsp3) is 0.357. The molecule has 1 aliphatic carbocycles. The standard InChI is InChI=1S/C14H13FN4O/c15-12-6-3-7-13(20-11-4-1-2-5-11)14(12)19-18-10(8-16)9-17/h3,6-7,11,19H,1-2,4-5H2. The van der Waals surface area contributed by atoms with E-state index in [1.54, 1.807) is 24.3 Å². The summed E-state index contributed by atoms with van der Waals surface area (Å²) in [6.45, 7) is 0.